The quantitative estimate of drug-likeness (QED) is 0.269. The van der Waals surface area contributed by atoms with Gasteiger partial charge in [-0.3, -0.25) is 24.5 Å². The molecule has 0 radical (unpaired) electrons. The summed E-state index contributed by atoms with van der Waals surface area (Å²) in [6, 6.07) is 16.3. The van der Waals surface area contributed by atoms with Gasteiger partial charge in [0.2, 0.25) is 5.91 Å². The molecule has 0 N–H and O–H groups in total. The lowest BCUT2D eigenvalue weighted by Crippen LogP contribution is -2.37. The molecule has 0 saturated carbocycles. The minimum atomic E-state index is -1.18. The first-order valence-corrected chi connectivity index (χ1v) is 11.2. The van der Waals surface area contributed by atoms with Crippen LogP contribution < -0.4 is 14.7 Å². The minimum Gasteiger partial charge on any atom is -0.495 e. The molecule has 2 aliphatic rings. The molecule has 0 spiro atoms. The maximum absolute atomic E-state index is 13.7. The number of hydrogen-bond donors (Lipinski definition) is 0. The summed E-state index contributed by atoms with van der Waals surface area (Å²) in [5.74, 6) is -1.71. The molecule has 2 aliphatic heterocycles. The monoisotopic (exact) mass is 513 g/mol. The molecule has 2 heterocycles. The van der Waals surface area contributed by atoms with Gasteiger partial charge in [-0.05, 0) is 35.9 Å². The van der Waals surface area contributed by atoms with E-state index < -0.39 is 34.8 Å². The molecule has 0 aromatic heterocycles. The number of nitro benzene ring substituents is 1. The van der Waals surface area contributed by atoms with Crippen molar-refractivity contribution in [2.75, 3.05) is 17.1 Å². The summed E-state index contributed by atoms with van der Waals surface area (Å²) in [7, 11) is 1.45. The van der Waals surface area contributed by atoms with E-state index in [1.54, 1.807) is 42.5 Å². The molecule has 11 heteroatoms. The van der Waals surface area contributed by atoms with E-state index in [1.807, 2.05) is 0 Å². The SMILES string of the molecule is COc1ccccc1N1C(=O)[C@H]2[C@H](ON(c3cccc([N+](=O)[O-])c3)[C@@H]2c2ccc(Cl)cc2Cl)C1=O. The number of halogens is 2. The molecule has 0 bridgehead atoms. The number of para-hydroxylation sites is 2. The number of anilines is 2. The van der Waals surface area contributed by atoms with Gasteiger partial charge in [-0.1, -0.05) is 47.5 Å². The fourth-order valence-electron chi connectivity index (χ4n) is 4.49. The Hall–Kier alpha value is -3.66. The molecule has 9 nitrogen and oxygen atoms in total. The fraction of sp³-hybridized carbons (Fsp3) is 0.167. The van der Waals surface area contributed by atoms with E-state index in [-0.39, 0.29) is 10.7 Å². The molecule has 0 unspecified atom stereocenters. The number of methoxy groups -OCH3 is 1. The highest BCUT2D eigenvalue weighted by atomic mass is 35.5. The zero-order valence-electron chi connectivity index (χ0n) is 18.1. The van der Waals surface area contributed by atoms with E-state index in [0.29, 0.717) is 27.7 Å². The Bertz CT molecular complexity index is 1370. The van der Waals surface area contributed by atoms with Gasteiger partial charge in [0, 0.05) is 22.2 Å². The standard InChI is InChI=1S/C24H17Cl2N3O6/c1-34-19-8-3-2-7-18(19)27-23(30)20-21(16-10-9-13(25)11-17(16)26)28(35-22(20)24(27)31)14-5-4-6-15(12-14)29(32)33/h2-12,20-22H,1H3/t20-,21-,22+/m1/s1. The number of non-ortho nitro benzene ring substituents is 1. The number of rotatable bonds is 5. The summed E-state index contributed by atoms with van der Waals surface area (Å²) in [6.07, 6.45) is -1.18. The highest BCUT2D eigenvalue weighted by molar-refractivity contribution is 6.35. The molecule has 5 rings (SSSR count). The number of carbonyl (C=O) groups excluding carboxylic acids is 2. The predicted octanol–water partition coefficient (Wildman–Crippen LogP) is 4.96. The van der Waals surface area contributed by atoms with Crippen molar-refractivity contribution < 1.29 is 24.1 Å². The lowest BCUT2D eigenvalue weighted by Gasteiger charge is -2.29. The minimum absolute atomic E-state index is 0.169. The van der Waals surface area contributed by atoms with Gasteiger partial charge < -0.3 is 4.74 Å². The Labute approximate surface area is 209 Å². The average Bonchev–Trinajstić information content (AvgIpc) is 3.35. The molecular weight excluding hydrogens is 497 g/mol. The number of fused-ring (bicyclic) bond motifs is 1. The number of amides is 2. The van der Waals surface area contributed by atoms with Crippen molar-refractivity contribution in [3.05, 3.63) is 92.5 Å². The Morgan fingerprint density at radius 3 is 2.49 bits per heavy atom. The number of hydroxylamine groups is 1. The van der Waals surface area contributed by atoms with Crippen LogP contribution in [0.2, 0.25) is 10.0 Å². The zero-order valence-corrected chi connectivity index (χ0v) is 19.6. The Morgan fingerprint density at radius 2 is 1.77 bits per heavy atom. The van der Waals surface area contributed by atoms with Gasteiger partial charge in [0.25, 0.3) is 11.6 Å². The zero-order chi connectivity index (χ0) is 24.9. The van der Waals surface area contributed by atoms with Crippen LogP contribution in [0, 0.1) is 16.0 Å². The van der Waals surface area contributed by atoms with Crippen molar-refractivity contribution in [3.8, 4) is 5.75 Å². The van der Waals surface area contributed by atoms with Crippen LogP contribution in [0.5, 0.6) is 5.75 Å². The predicted molar refractivity (Wildman–Crippen MR) is 129 cm³/mol. The van der Waals surface area contributed by atoms with Gasteiger partial charge in [-0.25, -0.2) is 9.96 Å². The topological polar surface area (TPSA) is 102 Å². The first-order valence-electron chi connectivity index (χ1n) is 10.5. The highest BCUT2D eigenvalue weighted by Crippen LogP contribution is 2.50. The maximum atomic E-state index is 13.7. The maximum Gasteiger partial charge on any atom is 0.271 e. The van der Waals surface area contributed by atoms with Crippen LogP contribution in [0.1, 0.15) is 11.6 Å². The van der Waals surface area contributed by atoms with Crippen LogP contribution in [0.3, 0.4) is 0 Å². The summed E-state index contributed by atoms with van der Waals surface area (Å²) >= 11 is 12.6. The summed E-state index contributed by atoms with van der Waals surface area (Å²) in [5, 5.41) is 13.3. The van der Waals surface area contributed by atoms with Crippen molar-refractivity contribution >= 4 is 52.1 Å². The Morgan fingerprint density at radius 1 is 1.00 bits per heavy atom. The molecule has 2 saturated heterocycles. The van der Waals surface area contributed by atoms with Crippen LogP contribution in [-0.4, -0.2) is 30.0 Å². The third-order valence-electron chi connectivity index (χ3n) is 6.02. The van der Waals surface area contributed by atoms with Gasteiger partial charge in [0.05, 0.1) is 29.4 Å². The molecule has 3 aromatic rings. The van der Waals surface area contributed by atoms with Gasteiger partial charge in [0.1, 0.15) is 11.7 Å². The van der Waals surface area contributed by atoms with Crippen LogP contribution in [0.25, 0.3) is 0 Å². The van der Waals surface area contributed by atoms with Crippen molar-refractivity contribution in [2.45, 2.75) is 12.1 Å². The molecule has 0 aliphatic carbocycles. The number of ether oxygens (including phenoxy) is 1. The van der Waals surface area contributed by atoms with Gasteiger partial charge in [-0.15, -0.1) is 0 Å². The second-order valence-electron chi connectivity index (χ2n) is 7.95. The molecule has 2 fully saturated rings. The van der Waals surface area contributed by atoms with Crippen LogP contribution in [0.4, 0.5) is 17.1 Å². The van der Waals surface area contributed by atoms with E-state index in [1.165, 1.54) is 36.4 Å². The number of nitrogens with zero attached hydrogens (tertiary/aromatic N) is 3. The second-order valence-corrected chi connectivity index (χ2v) is 8.79. The number of imide groups is 1. The van der Waals surface area contributed by atoms with Crippen molar-refractivity contribution in [1.82, 2.24) is 0 Å². The van der Waals surface area contributed by atoms with E-state index >= 15 is 0 Å². The van der Waals surface area contributed by atoms with Crippen molar-refractivity contribution in [2.24, 2.45) is 5.92 Å². The molecule has 35 heavy (non-hydrogen) atoms. The number of nitro groups is 1. The molecule has 178 valence electrons. The van der Waals surface area contributed by atoms with Gasteiger partial charge in [-0.2, -0.15) is 0 Å². The van der Waals surface area contributed by atoms with E-state index in [0.717, 1.165) is 4.90 Å². The molecule has 3 atom stereocenters. The second kappa shape index (κ2) is 8.84. The lowest BCUT2D eigenvalue weighted by atomic mass is 9.90. The first kappa shape index (κ1) is 23.1. The van der Waals surface area contributed by atoms with E-state index in [4.69, 9.17) is 32.8 Å². The largest absolute Gasteiger partial charge is 0.495 e. The Kier molecular flexibility index (Phi) is 5.84. The smallest absolute Gasteiger partial charge is 0.271 e. The van der Waals surface area contributed by atoms with Crippen molar-refractivity contribution in [3.63, 3.8) is 0 Å². The number of carbonyl (C=O) groups is 2. The highest BCUT2D eigenvalue weighted by Gasteiger charge is 2.61. The average molecular weight is 514 g/mol. The molecule has 3 aromatic carbocycles. The molecular formula is C24H17Cl2N3O6. The molecule has 2 amide bonds. The number of benzene rings is 3. The normalized spacial score (nSPS) is 21.4. The fourth-order valence-corrected chi connectivity index (χ4v) is 5.01. The van der Waals surface area contributed by atoms with Gasteiger partial charge >= 0.3 is 0 Å². The van der Waals surface area contributed by atoms with Gasteiger partial charge in [0.15, 0.2) is 6.10 Å². The Balaban J connectivity index is 1.63. The van der Waals surface area contributed by atoms with E-state index in [2.05, 4.69) is 0 Å². The summed E-state index contributed by atoms with van der Waals surface area (Å²) < 4.78 is 5.35. The third-order valence-corrected chi connectivity index (χ3v) is 6.58. The van der Waals surface area contributed by atoms with Crippen molar-refractivity contribution in [1.29, 1.82) is 0 Å². The van der Waals surface area contributed by atoms with E-state index in [9.17, 15) is 19.7 Å². The van der Waals surface area contributed by atoms with Crippen LogP contribution in [0.15, 0.2) is 66.7 Å². The van der Waals surface area contributed by atoms with Crippen LogP contribution >= 0.6 is 23.2 Å². The van der Waals surface area contributed by atoms with Crippen LogP contribution in [-0.2, 0) is 14.4 Å². The third kappa shape index (κ3) is 3.78. The number of hydrogen-bond acceptors (Lipinski definition) is 7. The summed E-state index contributed by atoms with van der Waals surface area (Å²) in [5.41, 5.74) is 0.912. The first-order chi connectivity index (χ1) is 16.8. The lowest BCUT2D eigenvalue weighted by molar-refractivity contribution is -0.384. The summed E-state index contributed by atoms with van der Waals surface area (Å²) in [6.45, 7) is 0. The summed E-state index contributed by atoms with van der Waals surface area (Å²) in [4.78, 5) is 45.1.